The van der Waals surface area contributed by atoms with E-state index in [0.717, 1.165) is 6.42 Å². The van der Waals surface area contributed by atoms with Gasteiger partial charge in [0.2, 0.25) is 0 Å². The molecule has 0 nitrogen and oxygen atoms in total. The van der Waals surface area contributed by atoms with Gasteiger partial charge in [0, 0.05) is 9.50 Å². The van der Waals surface area contributed by atoms with Gasteiger partial charge in [0.05, 0.1) is 0 Å². The molecule has 0 aromatic heterocycles. The molecular formula is C17H21I. The van der Waals surface area contributed by atoms with Gasteiger partial charge in [-0.3, -0.25) is 0 Å². The van der Waals surface area contributed by atoms with Crippen molar-refractivity contribution in [2.45, 2.75) is 27.2 Å². The quantitative estimate of drug-likeness (QED) is 0.568. The van der Waals surface area contributed by atoms with Crippen LogP contribution in [0, 0.1) is 17.3 Å². The lowest BCUT2D eigenvalue weighted by Crippen LogP contribution is -2.22. The number of hydrogen-bond donors (Lipinski definition) is 0. The minimum Gasteiger partial charge on any atom is -0.0991 e. The van der Waals surface area contributed by atoms with E-state index in [4.69, 9.17) is 0 Å². The number of halogens is 1. The second kappa shape index (κ2) is 5.20. The van der Waals surface area contributed by atoms with E-state index in [2.05, 4.69) is 80.3 Å². The van der Waals surface area contributed by atoms with Crippen LogP contribution in [0.2, 0.25) is 0 Å². The van der Waals surface area contributed by atoms with E-state index in [1.807, 2.05) is 6.08 Å². The second-order valence-electron chi connectivity index (χ2n) is 5.57. The summed E-state index contributed by atoms with van der Waals surface area (Å²) in [5.41, 5.74) is 3.18. The molecule has 2 aliphatic carbocycles. The van der Waals surface area contributed by atoms with Crippen molar-refractivity contribution in [2.75, 3.05) is 0 Å². The minimum absolute atomic E-state index is 0.219. The van der Waals surface area contributed by atoms with Crippen LogP contribution in [0.15, 0.2) is 57.8 Å². The molecule has 0 amide bonds. The third-order valence-corrected chi connectivity index (χ3v) is 4.81. The molecule has 2 rings (SSSR count). The standard InChI is InChI=1S/C17H21I/c1-5-7-13-14-10-9-12(18)11-16(14)17(3,4)15(13)8-6-2/h5,7-11,14,16H,1,6H2,2-4H3/b13-7?,15-8+. The number of allylic oxidation sites excluding steroid dienone is 9. The van der Waals surface area contributed by atoms with Crippen LogP contribution in [0.3, 0.4) is 0 Å². The number of rotatable bonds is 2. The Morgan fingerprint density at radius 3 is 2.78 bits per heavy atom. The maximum atomic E-state index is 3.87. The van der Waals surface area contributed by atoms with Crippen molar-refractivity contribution in [1.29, 1.82) is 0 Å². The van der Waals surface area contributed by atoms with Crippen molar-refractivity contribution < 1.29 is 0 Å². The maximum Gasteiger partial charge on any atom is 0.00959 e. The Kier molecular flexibility index (Phi) is 4.00. The Bertz CT molecular complexity index is 472. The summed E-state index contributed by atoms with van der Waals surface area (Å²) in [6.07, 6.45) is 14.6. The van der Waals surface area contributed by atoms with E-state index in [-0.39, 0.29) is 5.41 Å². The minimum atomic E-state index is 0.219. The second-order valence-corrected chi connectivity index (χ2v) is 6.81. The zero-order valence-electron chi connectivity index (χ0n) is 11.4. The van der Waals surface area contributed by atoms with Gasteiger partial charge in [-0.05, 0) is 51.5 Å². The molecule has 0 aromatic rings. The topological polar surface area (TPSA) is 0 Å². The summed E-state index contributed by atoms with van der Waals surface area (Å²) in [4.78, 5) is 0. The Labute approximate surface area is 124 Å². The van der Waals surface area contributed by atoms with Gasteiger partial charge in [-0.15, -0.1) is 0 Å². The lowest BCUT2D eigenvalue weighted by atomic mass is 9.75. The number of hydrogen-bond acceptors (Lipinski definition) is 0. The molecule has 0 bridgehead atoms. The Morgan fingerprint density at radius 2 is 2.17 bits per heavy atom. The highest BCUT2D eigenvalue weighted by Crippen LogP contribution is 2.56. The van der Waals surface area contributed by atoms with Crippen molar-refractivity contribution in [2.24, 2.45) is 17.3 Å². The summed E-state index contributed by atoms with van der Waals surface area (Å²) in [5.74, 6) is 1.10. The van der Waals surface area contributed by atoms with Gasteiger partial charge in [0.1, 0.15) is 0 Å². The average Bonchev–Trinajstić information content (AvgIpc) is 2.52. The molecule has 96 valence electrons. The molecule has 1 heteroatoms. The first-order valence-corrected chi connectivity index (χ1v) is 7.69. The van der Waals surface area contributed by atoms with Crippen LogP contribution < -0.4 is 0 Å². The predicted molar refractivity (Wildman–Crippen MR) is 88.7 cm³/mol. The van der Waals surface area contributed by atoms with Crippen LogP contribution in [-0.4, -0.2) is 0 Å². The molecular weight excluding hydrogens is 331 g/mol. The molecule has 0 aliphatic heterocycles. The first kappa shape index (κ1) is 13.9. The van der Waals surface area contributed by atoms with Crippen LogP contribution in [0.25, 0.3) is 0 Å². The van der Waals surface area contributed by atoms with Gasteiger partial charge < -0.3 is 0 Å². The molecule has 0 spiro atoms. The molecule has 0 heterocycles. The summed E-state index contributed by atoms with van der Waals surface area (Å²) < 4.78 is 1.36. The summed E-state index contributed by atoms with van der Waals surface area (Å²) in [6, 6.07) is 0. The van der Waals surface area contributed by atoms with Crippen LogP contribution in [0.1, 0.15) is 27.2 Å². The van der Waals surface area contributed by atoms with E-state index in [1.54, 1.807) is 0 Å². The fourth-order valence-electron chi connectivity index (χ4n) is 3.24. The van der Waals surface area contributed by atoms with Gasteiger partial charge in [-0.1, -0.05) is 63.8 Å². The largest absolute Gasteiger partial charge is 0.0991 e. The first-order chi connectivity index (χ1) is 8.52. The highest BCUT2D eigenvalue weighted by Gasteiger charge is 2.46. The summed E-state index contributed by atoms with van der Waals surface area (Å²) >= 11 is 2.42. The fraction of sp³-hybridized carbons (Fsp3) is 0.412. The number of fused-ring (bicyclic) bond motifs is 1. The first-order valence-electron chi connectivity index (χ1n) is 6.61. The molecule has 2 atom stereocenters. The van der Waals surface area contributed by atoms with Gasteiger partial charge in [0.25, 0.3) is 0 Å². The average molecular weight is 352 g/mol. The van der Waals surface area contributed by atoms with Crippen molar-refractivity contribution >= 4 is 22.6 Å². The van der Waals surface area contributed by atoms with Crippen molar-refractivity contribution in [1.82, 2.24) is 0 Å². The lowest BCUT2D eigenvalue weighted by molar-refractivity contribution is 0.332. The van der Waals surface area contributed by atoms with Gasteiger partial charge >= 0.3 is 0 Å². The van der Waals surface area contributed by atoms with Crippen molar-refractivity contribution in [3.8, 4) is 0 Å². The van der Waals surface area contributed by atoms with Crippen LogP contribution >= 0.6 is 22.6 Å². The van der Waals surface area contributed by atoms with Crippen molar-refractivity contribution in [3.05, 3.63) is 57.8 Å². The molecule has 18 heavy (non-hydrogen) atoms. The van der Waals surface area contributed by atoms with Gasteiger partial charge in [0.15, 0.2) is 0 Å². The fourth-order valence-corrected chi connectivity index (χ4v) is 3.84. The highest BCUT2D eigenvalue weighted by molar-refractivity contribution is 14.1. The Hall–Kier alpha value is -0.570. The maximum absolute atomic E-state index is 3.87. The van der Waals surface area contributed by atoms with E-state index in [0.29, 0.717) is 11.8 Å². The van der Waals surface area contributed by atoms with Gasteiger partial charge in [-0.25, -0.2) is 0 Å². The third-order valence-electron chi connectivity index (χ3n) is 4.09. The molecule has 0 N–H and O–H groups in total. The Balaban J connectivity index is 2.56. The summed E-state index contributed by atoms with van der Waals surface area (Å²) in [7, 11) is 0. The summed E-state index contributed by atoms with van der Waals surface area (Å²) in [6.45, 7) is 10.8. The molecule has 2 unspecified atom stereocenters. The van der Waals surface area contributed by atoms with E-state index in [1.165, 1.54) is 14.7 Å². The highest BCUT2D eigenvalue weighted by atomic mass is 127. The van der Waals surface area contributed by atoms with Crippen LogP contribution in [-0.2, 0) is 0 Å². The monoisotopic (exact) mass is 352 g/mol. The van der Waals surface area contributed by atoms with Crippen molar-refractivity contribution in [3.63, 3.8) is 0 Å². The van der Waals surface area contributed by atoms with Crippen LogP contribution in [0.4, 0.5) is 0 Å². The Morgan fingerprint density at radius 1 is 1.44 bits per heavy atom. The SMILES string of the molecule is C=CC=C1/C(=C\CC)C(C)(C)C2C=C(I)C=CC12. The van der Waals surface area contributed by atoms with E-state index >= 15 is 0 Å². The van der Waals surface area contributed by atoms with Gasteiger partial charge in [-0.2, -0.15) is 0 Å². The predicted octanol–water partition coefficient (Wildman–Crippen LogP) is 5.60. The molecule has 1 fully saturated rings. The van der Waals surface area contributed by atoms with E-state index in [9.17, 15) is 0 Å². The molecule has 0 aromatic carbocycles. The molecule has 0 saturated heterocycles. The smallest absolute Gasteiger partial charge is 0.00959 e. The van der Waals surface area contributed by atoms with E-state index < -0.39 is 0 Å². The third kappa shape index (κ3) is 2.18. The molecule has 0 radical (unpaired) electrons. The summed E-state index contributed by atoms with van der Waals surface area (Å²) in [5, 5.41) is 0. The molecule has 2 aliphatic rings. The zero-order valence-corrected chi connectivity index (χ0v) is 13.6. The van der Waals surface area contributed by atoms with Crippen LogP contribution in [0.5, 0.6) is 0 Å². The molecule has 1 saturated carbocycles. The zero-order chi connectivity index (χ0) is 13.3. The normalized spacial score (nSPS) is 33.7. The lowest BCUT2D eigenvalue weighted by Gasteiger charge is -2.29.